The molecule has 1 aromatic carbocycles. The molecule has 1 N–H and O–H groups in total. The molecule has 0 aliphatic carbocycles. The van der Waals surface area contributed by atoms with Crippen LogP contribution in [0.4, 0.5) is 13.2 Å². The molecular formula is C14H12F3NOS. The van der Waals surface area contributed by atoms with E-state index in [2.05, 4.69) is 5.32 Å². The van der Waals surface area contributed by atoms with Gasteiger partial charge in [0.15, 0.2) is 5.78 Å². The van der Waals surface area contributed by atoms with Crippen molar-refractivity contribution in [3.05, 3.63) is 35.2 Å². The quantitative estimate of drug-likeness (QED) is 0.858. The van der Waals surface area contributed by atoms with E-state index in [0.717, 1.165) is 5.39 Å². The van der Waals surface area contributed by atoms with Crippen LogP contribution in [0.25, 0.3) is 10.1 Å². The minimum absolute atomic E-state index is 0.179. The van der Waals surface area contributed by atoms with Crippen LogP contribution in [0.5, 0.6) is 0 Å². The lowest BCUT2D eigenvalue weighted by atomic mass is 9.78. The average molecular weight is 299 g/mol. The number of Topliss-reactive ketones (excluding diaryl/α,β-unsaturated/α-hetero) is 1. The molecule has 1 aliphatic rings. The van der Waals surface area contributed by atoms with Crippen LogP contribution in [0.3, 0.4) is 0 Å². The summed E-state index contributed by atoms with van der Waals surface area (Å²) < 4.78 is 40.9. The third-order valence-corrected chi connectivity index (χ3v) is 4.82. The predicted molar refractivity (Wildman–Crippen MR) is 72.1 cm³/mol. The van der Waals surface area contributed by atoms with E-state index < -0.39 is 17.4 Å². The molecule has 3 rings (SSSR count). The number of ketones is 1. The van der Waals surface area contributed by atoms with E-state index >= 15 is 0 Å². The van der Waals surface area contributed by atoms with Crippen LogP contribution >= 0.6 is 11.3 Å². The van der Waals surface area contributed by atoms with Crippen LogP contribution in [0.1, 0.15) is 16.8 Å². The Hall–Kier alpha value is -1.40. The Labute approximate surface area is 117 Å². The first kappa shape index (κ1) is 13.6. The van der Waals surface area contributed by atoms with Crippen molar-refractivity contribution in [3.63, 3.8) is 0 Å². The van der Waals surface area contributed by atoms with Crippen molar-refractivity contribution in [1.82, 2.24) is 5.32 Å². The van der Waals surface area contributed by atoms with Crippen LogP contribution in [-0.4, -0.2) is 25.0 Å². The molecule has 0 saturated carbocycles. The van der Waals surface area contributed by atoms with Crippen molar-refractivity contribution in [2.45, 2.75) is 12.6 Å². The van der Waals surface area contributed by atoms with Crippen LogP contribution in [-0.2, 0) is 0 Å². The predicted octanol–water partition coefficient (Wildman–Crippen LogP) is 3.63. The number of hydrogen-bond donors (Lipinski definition) is 1. The molecule has 1 atom stereocenters. The van der Waals surface area contributed by atoms with Gasteiger partial charge in [-0.15, -0.1) is 11.3 Å². The second-order valence-electron chi connectivity index (χ2n) is 4.98. The summed E-state index contributed by atoms with van der Waals surface area (Å²) in [4.78, 5) is 12.6. The van der Waals surface area contributed by atoms with Gasteiger partial charge in [0.05, 0.1) is 0 Å². The molecule has 1 aliphatic heterocycles. The number of fused-ring (bicyclic) bond motifs is 1. The summed E-state index contributed by atoms with van der Waals surface area (Å²) in [5.41, 5.74) is -2.11. The molecule has 6 heteroatoms. The highest BCUT2D eigenvalue weighted by Crippen LogP contribution is 2.46. The Bertz CT molecular complexity index is 656. The van der Waals surface area contributed by atoms with E-state index in [1.807, 2.05) is 6.07 Å². The minimum atomic E-state index is -4.53. The molecule has 2 heterocycles. The van der Waals surface area contributed by atoms with E-state index in [1.54, 1.807) is 17.5 Å². The summed E-state index contributed by atoms with van der Waals surface area (Å²) >= 11 is 1.30. The number of carbonyl (C=O) groups is 1. The van der Waals surface area contributed by atoms with Gasteiger partial charge < -0.3 is 5.32 Å². The molecule has 20 heavy (non-hydrogen) atoms. The normalized spacial score (nSPS) is 23.4. The molecule has 0 radical (unpaired) electrons. The van der Waals surface area contributed by atoms with Gasteiger partial charge in [-0.1, -0.05) is 12.1 Å². The lowest BCUT2D eigenvalue weighted by Gasteiger charge is -2.29. The van der Waals surface area contributed by atoms with Gasteiger partial charge in [-0.3, -0.25) is 4.79 Å². The van der Waals surface area contributed by atoms with Gasteiger partial charge in [-0.25, -0.2) is 0 Å². The highest BCUT2D eigenvalue weighted by Gasteiger charge is 2.61. The summed E-state index contributed by atoms with van der Waals surface area (Å²) in [6, 6.07) is 6.74. The Morgan fingerprint density at radius 1 is 1.30 bits per heavy atom. The average Bonchev–Trinajstić information content (AvgIpc) is 3.05. The Morgan fingerprint density at radius 2 is 2.10 bits per heavy atom. The fourth-order valence-corrected chi connectivity index (χ4v) is 3.60. The summed E-state index contributed by atoms with van der Waals surface area (Å²) in [6.07, 6.45) is -4.73. The third kappa shape index (κ3) is 1.86. The fourth-order valence-electron chi connectivity index (χ4n) is 2.69. The zero-order valence-corrected chi connectivity index (χ0v) is 11.3. The van der Waals surface area contributed by atoms with Crippen LogP contribution in [0.15, 0.2) is 29.6 Å². The molecule has 0 bridgehead atoms. The van der Waals surface area contributed by atoms with Crippen LogP contribution in [0.2, 0.25) is 0 Å². The molecule has 1 fully saturated rings. The SMILES string of the molecule is O=C(c1cccc2ccsc12)C1(C(F)(F)F)CCNC1. The van der Waals surface area contributed by atoms with Crippen molar-refractivity contribution in [2.24, 2.45) is 5.41 Å². The molecular weight excluding hydrogens is 287 g/mol. The number of benzene rings is 1. The van der Waals surface area contributed by atoms with Gasteiger partial charge in [0.25, 0.3) is 0 Å². The maximum absolute atomic E-state index is 13.4. The number of rotatable bonds is 2. The number of nitrogens with one attached hydrogen (secondary N) is 1. The monoisotopic (exact) mass is 299 g/mol. The van der Waals surface area contributed by atoms with Gasteiger partial charge in [0, 0.05) is 16.8 Å². The number of carbonyl (C=O) groups excluding carboxylic acids is 1. The molecule has 0 amide bonds. The minimum Gasteiger partial charge on any atom is -0.315 e. The maximum Gasteiger partial charge on any atom is 0.402 e. The molecule has 1 saturated heterocycles. The molecule has 2 aromatic rings. The zero-order chi connectivity index (χ0) is 14.4. The lowest BCUT2D eigenvalue weighted by Crippen LogP contribution is -2.46. The first-order valence-electron chi connectivity index (χ1n) is 6.24. The van der Waals surface area contributed by atoms with Crippen LogP contribution < -0.4 is 5.32 Å². The van der Waals surface area contributed by atoms with Crippen molar-refractivity contribution in [2.75, 3.05) is 13.1 Å². The van der Waals surface area contributed by atoms with E-state index in [1.165, 1.54) is 17.4 Å². The number of thiophene rings is 1. The highest BCUT2D eigenvalue weighted by atomic mass is 32.1. The van der Waals surface area contributed by atoms with Crippen molar-refractivity contribution in [1.29, 1.82) is 0 Å². The second kappa shape index (κ2) is 4.56. The van der Waals surface area contributed by atoms with E-state index in [0.29, 0.717) is 4.70 Å². The number of alkyl halides is 3. The Kier molecular flexibility index (Phi) is 3.10. The Balaban J connectivity index is 2.13. The van der Waals surface area contributed by atoms with E-state index in [4.69, 9.17) is 0 Å². The highest BCUT2D eigenvalue weighted by molar-refractivity contribution is 7.17. The van der Waals surface area contributed by atoms with Crippen molar-refractivity contribution < 1.29 is 18.0 Å². The van der Waals surface area contributed by atoms with Crippen LogP contribution in [0, 0.1) is 5.41 Å². The van der Waals surface area contributed by atoms with Gasteiger partial charge >= 0.3 is 6.18 Å². The van der Waals surface area contributed by atoms with E-state index in [9.17, 15) is 18.0 Å². The van der Waals surface area contributed by atoms with Gasteiger partial charge in [-0.05, 0) is 35.9 Å². The molecule has 2 nitrogen and oxygen atoms in total. The Morgan fingerprint density at radius 3 is 2.75 bits per heavy atom. The standard InChI is InChI=1S/C14H12F3NOS/c15-14(16,17)13(5-6-18-8-13)12(19)10-3-1-2-9-4-7-20-11(9)10/h1-4,7,18H,5-6,8H2. The second-order valence-corrected chi connectivity index (χ2v) is 5.90. The van der Waals surface area contributed by atoms with Gasteiger partial charge in [0.1, 0.15) is 5.41 Å². The smallest absolute Gasteiger partial charge is 0.315 e. The zero-order valence-electron chi connectivity index (χ0n) is 10.5. The molecule has 106 valence electrons. The lowest BCUT2D eigenvalue weighted by molar-refractivity contribution is -0.197. The first-order chi connectivity index (χ1) is 9.46. The van der Waals surface area contributed by atoms with Gasteiger partial charge in [-0.2, -0.15) is 13.2 Å². The summed E-state index contributed by atoms with van der Waals surface area (Å²) in [5, 5.41) is 5.27. The van der Waals surface area contributed by atoms with Gasteiger partial charge in [0.2, 0.25) is 0 Å². The largest absolute Gasteiger partial charge is 0.402 e. The number of halogens is 3. The van der Waals surface area contributed by atoms with E-state index in [-0.39, 0.29) is 25.1 Å². The maximum atomic E-state index is 13.4. The molecule has 0 spiro atoms. The number of hydrogen-bond acceptors (Lipinski definition) is 3. The fraction of sp³-hybridized carbons (Fsp3) is 0.357. The summed E-state index contributed by atoms with van der Waals surface area (Å²) in [6.45, 7) is -0.122. The molecule has 1 aromatic heterocycles. The summed E-state index contributed by atoms with van der Waals surface area (Å²) in [5.74, 6) is -0.817. The summed E-state index contributed by atoms with van der Waals surface area (Å²) in [7, 11) is 0. The molecule has 1 unspecified atom stereocenters. The topological polar surface area (TPSA) is 29.1 Å². The first-order valence-corrected chi connectivity index (χ1v) is 7.12. The van der Waals surface area contributed by atoms with Crippen molar-refractivity contribution >= 4 is 27.2 Å². The van der Waals surface area contributed by atoms with Crippen molar-refractivity contribution in [3.8, 4) is 0 Å². The third-order valence-electron chi connectivity index (χ3n) is 3.86.